The predicted molar refractivity (Wildman–Crippen MR) is 293 cm³/mol. The maximum atomic E-state index is 6.98. The fourth-order valence-electron chi connectivity index (χ4n) is 12.7. The van der Waals surface area contributed by atoms with Crippen LogP contribution in [0, 0.1) is 0 Å². The molecule has 15 rings (SSSR count). The van der Waals surface area contributed by atoms with Gasteiger partial charge in [0.2, 0.25) is 0 Å². The molecule has 0 saturated carbocycles. The van der Waals surface area contributed by atoms with Gasteiger partial charge in [-0.1, -0.05) is 198 Å². The monoisotopic (exact) mass is 894 g/mol. The molecule has 13 aromatic rings. The number of hydrogen-bond donors (Lipinski definition) is 0. The lowest BCUT2D eigenvalue weighted by Crippen LogP contribution is -2.17. The van der Waals surface area contributed by atoms with Crippen LogP contribution >= 0.6 is 0 Å². The van der Waals surface area contributed by atoms with Crippen molar-refractivity contribution in [3.8, 4) is 66.8 Å². The normalized spacial score (nSPS) is 14.2. The Morgan fingerprint density at radius 3 is 1.03 bits per heavy atom. The molecule has 0 atom stereocenters. The van der Waals surface area contributed by atoms with Gasteiger partial charge in [0.1, 0.15) is 22.3 Å². The van der Waals surface area contributed by atoms with Crippen molar-refractivity contribution < 1.29 is 8.83 Å². The second-order valence-electron chi connectivity index (χ2n) is 20.7. The first-order valence-corrected chi connectivity index (χ1v) is 24.6. The highest BCUT2D eigenvalue weighted by molar-refractivity contribution is 6.21. The SMILES string of the molecule is CC1(C)c2cc3c(cc2-c2c1cc(-c1ccc(-c4cccc5ccccc45)cc1)c1oc4ccccc4c21)C(C)(C)c1cc(-c2ccc(-c4cccc5ccccc45)cc2)c2oc4ccccc4c2c1-3. The van der Waals surface area contributed by atoms with Gasteiger partial charge in [0, 0.05) is 43.5 Å². The highest BCUT2D eigenvalue weighted by Crippen LogP contribution is 2.61. The van der Waals surface area contributed by atoms with Crippen LogP contribution in [-0.4, -0.2) is 0 Å². The van der Waals surface area contributed by atoms with Gasteiger partial charge in [-0.05, 0) is 136 Å². The summed E-state index contributed by atoms with van der Waals surface area (Å²) in [4.78, 5) is 0. The summed E-state index contributed by atoms with van der Waals surface area (Å²) < 4.78 is 14.0. The van der Waals surface area contributed by atoms with Crippen LogP contribution in [0.4, 0.5) is 0 Å². The molecular formula is C68H46O2. The van der Waals surface area contributed by atoms with Crippen molar-refractivity contribution >= 4 is 65.4 Å². The van der Waals surface area contributed by atoms with Crippen LogP contribution in [0.3, 0.4) is 0 Å². The number of rotatable bonds is 4. The highest BCUT2D eigenvalue weighted by Gasteiger charge is 2.44. The number of hydrogen-bond acceptors (Lipinski definition) is 2. The van der Waals surface area contributed by atoms with Gasteiger partial charge < -0.3 is 8.83 Å². The van der Waals surface area contributed by atoms with Gasteiger partial charge in [-0.25, -0.2) is 0 Å². The summed E-state index contributed by atoms with van der Waals surface area (Å²) in [6.07, 6.45) is 0. The van der Waals surface area contributed by atoms with E-state index in [1.807, 2.05) is 0 Å². The average Bonchev–Trinajstić information content (AvgIpc) is 4.10. The van der Waals surface area contributed by atoms with Crippen LogP contribution in [0.2, 0.25) is 0 Å². The minimum atomic E-state index is -0.305. The lowest BCUT2D eigenvalue weighted by molar-refractivity contribution is 0.650. The van der Waals surface area contributed by atoms with E-state index < -0.39 is 0 Å². The minimum absolute atomic E-state index is 0.305. The van der Waals surface area contributed by atoms with Gasteiger partial charge >= 0.3 is 0 Å². The summed E-state index contributed by atoms with van der Waals surface area (Å²) in [5.41, 5.74) is 23.0. The van der Waals surface area contributed by atoms with Gasteiger partial charge in [-0.3, -0.25) is 0 Å². The fourth-order valence-corrected chi connectivity index (χ4v) is 12.7. The van der Waals surface area contributed by atoms with Crippen LogP contribution in [0.1, 0.15) is 49.9 Å². The third-order valence-electron chi connectivity index (χ3n) is 16.3. The molecule has 2 aliphatic rings. The molecule has 2 heterocycles. The van der Waals surface area contributed by atoms with Crippen molar-refractivity contribution in [2.24, 2.45) is 0 Å². The Balaban J connectivity index is 0.914. The summed E-state index contributed by atoms with van der Waals surface area (Å²) in [6.45, 7) is 9.67. The number of furan rings is 2. The molecule has 0 N–H and O–H groups in total. The summed E-state index contributed by atoms with van der Waals surface area (Å²) in [5.74, 6) is 0. The molecule has 330 valence electrons. The van der Waals surface area contributed by atoms with E-state index in [1.165, 1.54) is 99.1 Å². The maximum absolute atomic E-state index is 6.98. The first-order chi connectivity index (χ1) is 34.2. The first kappa shape index (κ1) is 39.5. The molecule has 0 radical (unpaired) electrons. The average molecular weight is 895 g/mol. The first-order valence-electron chi connectivity index (χ1n) is 24.6. The van der Waals surface area contributed by atoms with Crippen molar-refractivity contribution in [2.45, 2.75) is 38.5 Å². The fraction of sp³-hybridized carbons (Fsp3) is 0.0882. The predicted octanol–water partition coefficient (Wildman–Crippen LogP) is 19.1. The lowest BCUT2D eigenvalue weighted by Gasteiger charge is -2.24. The Bertz CT molecular complexity index is 4090. The van der Waals surface area contributed by atoms with Crippen LogP contribution in [-0.2, 0) is 10.8 Å². The Morgan fingerprint density at radius 1 is 0.286 bits per heavy atom. The van der Waals surface area contributed by atoms with Gasteiger partial charge in [0.25, 0.3) is 0 Å². The van der Waals surface area contributed by atoms with E-state index in [0.29, 0.717) is 0 Å². The van der Waals surface area contributed by atoms with E-state index in [2.05, 4.69) is 234 Å². The molecule has 11 aromatic carbocycles. The van der Waals surface area contributed by atoms with E-state index in [4.69, 9.17) is 8.83 Å². The Kier molecular flexibility index (Phi) is 7.94. The van der Waals surface area contributed by atoms with Crippen molar-refractivity contribution in [1.29, 1.82) is 0 Å². The molecule has 2 aliphatic carbocycles. The number of benzene rings is 11. The molecular weight excluding hydrogens is 849 g/mol. The molecule has 0 spiro atoms. The Hall–Kier alpha value is -8.46. The van der Waals surface area contributed by atoms with Crippen molar-refractivity contribution in [3.63, 3.8) is 0 Å². The maximum Gasteiger partial charge on any atom is 0.143 e. The third-order valence-corrected chi connectivity index (χ3v) is 16.3. The third kappa shape index (κ3) is 5.34. The molecule has 0 bridgehead atoms. The topological polar surface area (TPSA) is 26.3 Å². The van der Waals surface area contributed by atoms with Crippen LogP contribution < -0.4 is 0 Å². The zero-order valence-electron chi connectivity index (χ0n) is 39.4. The molecule has 0 aliphatic heterocycles. The standard InChI is InChI=1S/C68H46O2/c1-67(2)55-37-54-56(38-53(55)61-57(67)35-51(65-63(61)49-21-9-11-25-59(49)69-65)43-31-27-41(28-32-43)47-23-13-17-39-15-5-7-19-45(39)47)68(3,4)58-36-52(66-64(62(54)58)50-22-10-12-26-60(50)70-66)44-33-29-42(30-34-44)48-24-14-18-40-16-6-8-20-46(40)48/h5-38H,1-4H3. The summed E-state index contributed by atoms with van der Waals surface area (Å²) >= 11 is 0. The van der Waals surface area contributed by atoms with E-state index in [9.17, 15) is 0 Å². The van der Waals surface area contributed by atoms with Gasteiger partial charge in [0.15, 0.2) is 0 Å². The minimum Gasteiger partial charge on any atom is -0.455 e. The second-order valence-corrected chi connectivity index (χ2v) is 20.7. The van der Waals surface area contributed by atoms with Crippen LogP contribution in [0.5, 0.6) is 0 Å². The summed E-state index contributed by atoms with van der Waals surface area (Å²) in [6, 6.07) is 75.8. The lowest BCUT2D eigenvalue weighted by atomic mass is 9.78. The van der Waals surface area contributed by atoms with E-state index >= 15 is 0 Å². The van der Waals surface area contributed by atoms with E-state index in [0.717, 1.165) is 55.4 Å². The highest BCUT2D eigenvalue weighted by atomic mass is 16.3. The van der Waals surface area contributed by atoms with E-state index in [1.54, 1.807) is 0 Å². The molecule has 70 heavy (non-hydrogen) atoms. The van der Waals surface area contributed by atoms with Crippen LogP contribution in [0.25, 0.3) is 132 Å². The smallest absolute Gasteiger partial charge is 0.143 e. The molecule has 0 saturated heterocycles. The van der Waals surface area contributed by atoms with Gasteiger partial charge in [-0.2, -0.15) is 0 Å². The van der Waals surface area contributed by atoms with Gasteiger partial charge in [-0.15, -0.1) is 0 Å². The van der Waals surface area contributed by atoms with Crippen LogP contribution in [0.15, 0.2) is 215 Å². The van der Waals surface area contributed by atoms with Crippen molar-refractivity contribution in [3.05, 3.63) is 229 Å². The molecule has 0 fully saturated rings. The van der Waals surface area contributed by atoms with Crippen molar-refractivity contribution in [1.82, 2.24) is 0 Å². The number of para-hydroxylation sites is 2. The van der Waals surface area contributed by atoms with Crippen molar-refractivity contribution in [2.75, 3.05) is 0 Å². The second kappa shape index (κ2) is 14.1. The Labute approximate surface area is 406 Å². The zero-order valence-corrected chi connectivity index (χ0v) is 39.4. The largest absolute Gasteiger partial charge is 0.455 e. The Morgan fingerprint density at radius 2 is 0.614 bits per heavy atom. The van der Waals surface area contributed by atoms with Gasteiger partial charge in [0.05, 0.1) is 0 Å². The quantitative estimate of drug-likeness (QED) is 0.176. The molecule has 2 aromatic heterocycles. The molecule has 2 nitrogen and oxygen atoms in total. The zero-order chi connectivity index (χ0) is 46.6. The van der Waals surface area contributed by atoms with E-state index in [-0.39, 0.29) is 10.8 Å². The molecule has 2 heteroatoms. The summed E-state index contributed by atoms with van der Waals surface area (Å²) in [7, 11) is 0. The molecule has 0 unspecified atom stereocenters. The molecule has 0 amide bonds. The summed E-state index contributed by atoms with van der Waals surface area (Å²) in [5, 5.41) is 9.71. The number of fused-ring (bicyclic) bond motifs is 16.